The molecule has 2 aliphatic rings. The van der Waals surface area contributed by atoms with Crippen molar-refractivity contribution in [3.63, 3.8) is 0 Å². The highest BCUT2D eigenvalue weighted by Gasteiger charge is 2.50. The topological polar surface area (TPSA) is 61.9 Å². The van der Waals surface area contributed by atoms with E-state index in [1.54, 1.807) is 21.0 Å². The third-order valence-corrected chi connectivity index (χ3v) is 5.48. The van der Waals surface area contributed by atoms with E-state index < -0.39 is 0 Å². The molecule has 2 amide bonds. The van der Waals surface area contributed by atoms with Gasteiger partial charge in [-0.3, -0.25) is 14.5 Å². The largest absolute Gasteiger partial charge is 0.497 e. The number of hydrogen-bond donors (Lipinski definition) is 1. The molecule has 1 aromatic carbocycles. The fourth-order valence-corrected chi connectivity index (χ4v) is 4.18. The summed E-state index contributed by atoms with van der Waals surface area (Å²) in [4.78, 5) is 27.8. The lowest BCUT2D eigenvalue weighted by molar-refractivity contribution is -0.128. The van der Waals surface area contributed by atoms with Gasteiger partial charge in [-0.15, -0.1) is 0 Å². The summed E-state index contributed by atoms with van der Waals surface area (Å²) in [5, 5.41) is 3.17. The highest BCUT2D eigenvalue weighted by molar-refractivity contribution is 5.76. The average molecular weight is 345 g/mol. The van der Waals surface area contributed by atoms with Gasteiger partial charge in [0.2, 0.25) is 11.8 Å². The summed E-state index contributed by atoms with van der Waals surface area (Å²) >= 11 is 0. The molecule has 0 saturated carbocycles. The third kappa shape index (κ3) is 3.79. The van der Waals surface area contributed by atoms with Crippen LogP contribution in [0.4, 0.5) is 0 Å². The zero-order valence-electron chi connectivity index (χ0n) is 15.2. The molecule has 3 rings (SSSR count). The van der Waals surface area contributed by atoms with E-state index in [1.807, 2.05) is 17.0 Å². The number of hydrogen-bond acceptors (Lipinski definition) is 4. The molecule has 0 spiro atoms. The number of methoxy groups -OCH3 is 1. The lowest BCUT2D eigenvalue weighted by atomic mass is 9.80. The maximum Gasteiger partial charge on any atom is 0.219 e. The molecule has 6 nitrogen and oxygen atoms in total. The van der Waals surface area contributed by atoms with Crippen LogP contribution in [0.15, 0.2) is 24.3 Å². The van der Waals surface area contributed by atoms with E-state index in [1.165, 1.54) is 5.56 Å². The van der Waals surface area contributed by atoms with Gasteiger partial charge in [-0.1, -0.05) is 12.1 Å². The van der Waals surface area contributed by atoms with Gasteiger partial charge >= 0.3 is 0 Å². The first-order valence-corrected chi connectivity index (χ1v) is 8.81. The second-order valence-corrected chi connectivity index (χ2v) is 7.27. The van der Waals surface area contributed by atoms with E-state index >= 15 is 0 Å². The van der Waals surface area contributed by atoms with Crippen LogP contribution in [0.1, 0.15) is 25.8 Å². The number of benzene rings is 1. The summed E-state index contributed by atoms with van der Waals surface area (Å²) in [5.74, 6) is 1.20. The van der Waals surface area contributed by atoms with Crippen molar-refractivity contribution in [2.24, 2.45) is 5.92 Å². The zero-order valence-corrected chi connectivity index (χ0v) is 15.2. The minimum atomic E-state index is -0.270. The quantitative estimate of drug-likeness (QED) is 0.892. The van der Waals surface area contributed by atoms with Crippen LogP contribution in [0.3, 0.4) is 0 Å². The number of nitrogens with one attached hydrogen (secondary N) is 1. The van der Waals surface area contributed by atoms with E-state index in [4.69, 9.17) is 4.74 Å². The predicted octanol–water partition coefficient (Wildman–Crippen LogP) is 1.25. The van der Waals surface area contributed by atoms with Crippen molar-refractivity contribution in [3.05, 3.63) is 29.8 Å². The third-order valence-electron chi connectivity index (χ3n) is 5.48. The Kier molecular flexibility index (Phi) is 4.99. The van der Waals surface area contributed by atoms with Gasteiger partial charge in [0.1, 0.15) is 5.75 Å². The highest BCUT2D eigenvalue weighted by Crippen LogP contribution is 2.36. The van der Waals surface area contributed by atoms with Crippen molar-refractivity contribution >= 4 is 11.8 Å². The molecule has 0 bridgehead atoms. The van der Waals surface area contributed by atoms with Gasteiger partial charge in [-0.2, -0.15) is 0 Å². The van der Waals surface area contributed by atoms with Crippen molar-refractivity contribution < 1.29 is 14.3 Å². The molecule has 2 atom stereocenters. The molecule has 2 saturated heterocycles. The standard InChI is InChI=1S/C19H27N3O3/c1-14(23)20-19-8-9-21(10-16-4-6-18(25-3)7-5-16)11-17(19)12-22(13-19)15(2)24/h4-7,17H,8-13H2,1-3H3,(H,20,23)/t17-,19-/m1/s1. The molecule has 1 aromatic rings. The SMILES string of the molecule is COc1ccc(CN2CC[C@@]3(NC(C)=O)CN(C(C)=O)C[C@H]3C2)cc1. The maximum atomic E-state index is 11.8. The number of likely N-dealkylation sites (tertiary alicyclic amines) is 2. The summed E-state index contributed by atoms with van der Waals surface area (Å²) in [6.07, 6.45) is 0.872. The molecule has 6 heteroatoms. The lowest BCUT2D eigenvalue weighted by Crippen LogP contribution is -2.60. The van der Waals surface area contributed by atoms with E-state index in [0.29, 0.717) is 13.1 Å². The Balaban J connectivity index is 1.69. The normalized spacial score (nSPS) is 26.2. The zero-order chi connectivity index (χ0) is 18.0. The number of nitrogens with zero attached hydrogens (tertiary/aromatic N) is 2. The fourth-order valence-electron chi connectivity index (χ4n) is 4.18. The number of carbonyl (C=O) groups excluding carboxylic acids is 2. The summed E-state index contributed by atoms with van der Waals surface area (Å²) in [6, 6.07) is 8.14. The van der Waals surface area contributed by atoms with Crippen molar-refractivity contribution in [1.82, 2.24) is 15.1 Å². The smallest absolute Gasteiger partial charge is 0.219 e. The Morgan fingerprint density at radius 2 is 1.96 bits per heavy atom. The van der Waals surface area contributed by atoms with Crippen LogP contribution in [0.5, 0.6) is 5.75 Å². The van der Waals surface area contributed by atoms with Crippen molar-refractivity contribution in [3.8, 4) is 5.75 Å². The monoisotopic (exact) mass is 345 g/mol. The van der Waals surface area contributed by atoms with E-state index in [0.717, 1.165) is 31.8 Å². The van der Waals surface area contributed by atoms with Crippen LogP contribution in [0, 0.1) is 5.92 Å². The van der Waals surface area contributed by atoms with Crippen molar-refractivity contribution in [2.75, 3.05) is 33.3 Å². The first kappa shape index (κ1) is 17.7. The number of fused-ring (bicyclic) bond motifs is 1. The molecule has 2 fully saturated rings. The summed E-state index contributed by atoms with van der Waals surface area (Å²) < 4.78 is 5.21. The van der Waals surface area contributed by atoms with Crippen LogP contribution in [0.2, 0.25) is 0 Å². The van der Waals surface area contributed by atoms with Gasteiger partial charge in [0.25, 0.3) is 0 Å². The molecule has 0 radical (unpaired) electrons. The highest BCUT2D eigenvalue weighted by atomic mass is 16.5. The summed E-state index contributed by atoms with van der Waals surface area (Å²) in [5.41, 5.74) is 0.975. The van der Waals surface area contributed by atoms with Crippen LogP contribution < -0.4 is 10.1 Å². The van der Waals surface area contributed by atoms with E-state index in [2.05, 4.69) is 22.3 Å². The minimum Gasteiger partial charge on any atom is -0.497 e. The molecule has 2 aliphatic heterocycles. The van der Waals surface area contributed by atoms with Gasteiger partial charge in [-0.25, -0.2) is 0 Å². The molecular weight excluding hydrogens is 318 g/mol. The molecule has 0 aromatic heterocycles. The average Bonchev–Trinajstić information content (AvgIpc) is 2.94. The molecule has 1 N–H and O–H groups in total. The predicted molar refractivity (Wildman–Crippen MR) is 95.2 cm³/mol. The van der Waals surface area contributed by atoms with Crippen molar-refractivity contribution in [1.29, 1.82) is 0 Å². The molecular formula is C19H27N3O3. The van der Waals surface area contributed by atoms with Gasteiger partial charge in [0, 0.05) is 52.5 Å². The van der Waals surface area contributed by atoms with Gasteiger partial charge in [0.05, 0.1) is 12.6 Å². The Hall–Kier alpha value is -2.08. The van der Waals surface area contributed by atoms with Crippen LogP contribution in [-0.4, -0.2) is 60.4 Å². The Morgan fingerprint density at radius 3 is 2.56 bits per heavy atom. The maximum absolute atomic E-state index is 11.8. The number of ether oxygens (including phenoxy) is 1. The van der Waals surface area contributed by atoms with Crippen LogP contribution in [-0.2, 0) is 16.1 Å². The molecule has 0 aliphatic carbocycles. The number of piperidine rings is 1. The van der Waals surface area contributed by atoms with Gasteiger partial charge in [0.15, 0.2) is 0 Å². The van der Waals surface area contributed by atoms with Crippen LogP contribution in [0.25, 0.3) is 0 Å². The number of amides is 2. The Labute approximate surface area is 149 Å². The first-order valence-electron chi connectivity index (χ1n) is 8.81. The summed E-state index contributed by atoms with van der Waals surface area (Å²) in [6.45, 7) is 7.18. The summed E-state index contributed by atoms with van der Waals surface area (Å²) in [7, 11) is 1.67. The number of rotatable bonds is 4. The van der Waals surface area contributed by atoms with Crippen molar-refractivity contribution in [2.45, 2.75) is 32.4 Å². The van der Waals surface area contributed by atoms with E-state index in [9.17, 15) is 9.59 Å². The first-order chi connectivity index (χ1) is 11.9. The Bertz CT molecular complexity index is 646. The number of carbonyl (C=O) groups is 2. The Morgan fingerprint density at radius 1 is 1.24 bits per heavy atom. The fraction of sp³-hybridized carbons (Fsp3) is 0.579. The minimum absolute atomic E-state index is 0.0148. The van der Waals surface area contributed by atoms with Gasteiger partial charge < -0.3 is 15.0 Å². The molecule has 0 unspecified atom stereocenters. The second kappa shape index (κ2) is 7.04. The van der Waals surface area contributed by atoms with Gasteiger partial charge in [-0.05, 0) is 24.1 Å². The second-order valence-electron chi connectivity index (χ2n) is 7.27. The lowest BCUT2D eigenvalue weighted by Gasteiger charge is -2.43. The molecule has 136 valence electrons. The molecule has 2 heterocycles. The van der Waals surface area contributed by atoms with Crippen LogP contribution >= 0.6 is 0 Å². The molecule has 25 heavy (non-hydrogen) atoms. The van der Waals surface area contributed by atoms with E-state index in [-0.39, 0.29) is 23.3 Å².